The Balaban J connectivity index is 2.62. The van der Waals surface area contributed by atoms with Crippen LogP contribution in [-0.2, 0) is 14.3 Å². The maximum absolute atomic E-state index is 12.0. The van der Waals surface area contributed by atoms with Gasteiger partial charge in [0.2, 0.25) is 0 Å². The summed E-state index contributed by atoms with van der Waals surface area (Å²) in [7, 11) is 0. The maximum Gasteiger partial charge on any atom is 0.319 e. The van der Waals surface area contributed by atoms with E-state index in [4.69, 9.17) is 9.47 Å². The van der Waals surface area contributed by atoms with Crippen molar-refractivity contribution in [3.63, 3.8) is 0 Å². The minimum Gasteiger partial charge on any atom is -0.486 e. The molecule has 19 heavy (non-hydrogen) atoms. The first-order chi connectivity index (χ1) is 8.87. The van der Waals surface area contributed by atoms with E-state index in [0.29, 0.717) is 5.75 Å². The Labute approximate surface area is 121 Å². The molecule has 4 nitrogen and oxygen atoms in total. The fraction of sp³-hybridized carbons (Fsp3) is 0.429. The van der Waals surface area contributed by atoms with E-state index in [-0.39, 0.29) is 19.0 Å². The normalized spacial score (nSPS) is 10.9. The Morgan fingerprint density at radius 2 is 2.00 bits per heavy atom. The summed E-state index contributed by atoms with van der Waals surface area (Å²) in [4.78, 5) is 23.7. The van der Waals surface area contributed by atoms with Gasteiger partial charge in [0.25, 0.3) is 0 Å². The van der Waals surface area contributed by atoms with Crippen LogP contribution < -0.4 is 4.74 Å². The molecule has 1 rings (SSSR count). The molecule has 0 heterocycles. The van der Waals surface area contributed by atoms with Crippen molar-refractivity contribution in [2.45, 2.75) is 20.8 Å². The largest absolute Gasteiger partial charge is 0.486 e. The number of Topliss-reactive ketones (excluding diaryl/α,β-unsaturated/α-hetero) is 1. The summed E-state index contributed by atoms with van der Waals surface area (Å²) in [5, 5.41) is 0. The molecule has 0 aliphatic heterocycles. The first kappa shape index (κ1) is 15.7. The van der Waals surface area contributed by atoms with Crippen molar-refractivity contribution in [1.82, 2.24) is 0 Å². The first-order valence-corrected chi connectivity index (χ1v) is 6.76. The second kappa shape index (κ2) is 6.70. The summed E-state index contributed by atoms with van der Waals surface area (Å²) in [5.41, 5.74) is -1.19. The number of benzene rings is 1. The van der Waals surface area contributed by atoms with Crippen LogP contribution in [0.5, 0.6) is 5.75 Å². The highest BCUT2D eigenvalue weighted by Gasteiger charge is 2.37. The van der Waals surface area contributed by atoms with Crippen molar-refractivity contribution < 1.29 is 19.1 Å². The molecule has 1 aromatic rings. The van der Waals surface area contributed by atoms with Crippen LogP contribution in [0.3, 0.4) is 0 Å². The van der Waals surface area contributed by atoms with Gasteiger partial charge in [0.05, 0.1) is 6.61 Å². The molecular formula is C14H17BrO4. The SMILES string of the molecule is CCOC(=O)C(C)(C)C(=O)COc1cccc(Br)c1. The lowest BCUT2D eigenvalue weighted by Crippen LogP contribution is -2.38. The molecule has 0 N–H and O–H groups in total. The van der Waals surface area contributed by atoms with Gasteiger partial charge in [-0.1, -0.05) is 22.0 Å². The molecule has 0 aliphatic carbocycles. The van der Waals surface area contributed by atoms with E-state index in [1.807, 2.05) is 6.07 Å². The van der Waals surface area contributed by atoms with Gasteiger partial charge < -0.3 is 9.47 Å². The zero-order chi connectivity index (χ0) is 14.5. The zero-order valence-electron chi connectivity index (χ0n) is 11.2. The minimum atomic E-state index is -1.19. The third-order valence-corrected chi connectivity index (χ3v) is 3.14. The average Bonchev–Trinajstić information content (AvgIpc) is 2.36. The molecular weight excluding hydrogens is 312 g/mol. The fourth-order valence-electron chi connectivity index (χ4n) is 1.31. The Hall–Kier alpha value is -1.36. The number of ketones is 1. The number of ether oxygens (including phenoxy) is 2. The number of hydrogen-bond acceptors (Lipinski definition) is 4. The van der Waals surface area contributed by atoms with E-state index in [2.05, 4.69) is 15.9 Å². The number of halogens is 1. The van der Waals surface area contributed by atoms with Crippen molar-refractivity contribution in [3.8, 4) is 5.75 Å². The molecule has 0 unspecified atom stereocenters. The van der Waals surface area contributed by atoms with Gasteiger partial charge >= 0.3 is 5.97 Å². The topological polar surface area (TPSA) is 52.6 Å². The van der Waals surface area contributed by atoms with Gasteiger partial charge in [0, 0.05) is 4.47 Å². The molecule has 0 spiro atoms. The third kappa shape index (κ3) is 4.35. The molecule has 5 heteroatoms. The molecule has 0 aliphatic rings. The number of carbonyl (C=O) groups excluding carboxylic acids is 2. The van der Waals surface area contributed by atoms with E-state index >= 15 is 0 Å². The lowest BCUT2D eigenvalue weighted by molar-refractivity contribution is -0.158. The zero-order valence-corrected chi connectivity index (χ0v) is 12.8. The number of esters is 1. The van der Waals surface area contributed by atoms with Gasteiger partial charge in [0.15, 0.2) is 5.78 Å². The maximum atomic E-state index is 12.0. The first-order valence-electron chi connectivity index (χ1n) is 5.96. The molecule has 0 bridgehead atoms. The summed E-state index contributed by atoms with van der Waals surface area (Å²) in [6, 6.07) is 7.16. The van der Waals surface area contributed by atoms with Gasteiger partial charge in [-0.25, -0.2) is 0 Å². The van der Waals surface area contributed by atoms with E-state index in [0.717, 1.165) is 4.47 Å². The molecule has 0 aromatic heterocycles. The Morgan fingerprint density at radius 1 is 1.32 bits per heavy atom. The van der Waals surface area contributed by atoms with Crippen LogP contribution in [0.15, 0.2) is 28.7 Å². The molecule has 0 radical (unpaired) electrons. The van der Waals surface area contributed by atoms with Gasteiger partial charge in [-0.3, -0.25) is 9.59 Å². The van der Waals surface area contributed by atoms with Crippen LogP contribution in [0, 0.1) is 5.41 Å². The van der Waals surface area contributed by atoms with Gasteiger partial charge in [-0.2, -0.15) is 0 Å². The highest BCUT2D eigenvalue weighted by molar-refractivity contribution is 9.10. The fourth-order valence-corrected chi connectivity index (χ4v) is 1.69. The standard InChI is InChI=1S/C14H17BrO4/c1-4-18-13(17)14(2,3)12(16)9-19-11-7-5-6-10(15)8-11/h5-8H,4,9H2,1-3H3. The van der Waals surface area contributed by atoms with Crippen molar-refractivity contribution >= 4 is 27.7 Å². The lowest BCUT2D eigenvalue weighted by atomic mass is 9.88. The van der Waals surface area contributed by atoms with Crippen molar-refractivity contribution in [1.29, 1.82) is 0 Å². The quantitative estimate of drug-likeness (QED) is 0.595. The molecule has 0 saturated heterocycles. The van der Waals surface area contributed by atoms with Crippen molar-refractivity contribution in [2.75, 3.05) is 13.2 Å². The van der Waals surface area contributed by atoms with Crippen LogP contribution in [0.4, 0.5) is 0 Å². The summed E-state index contributed by atoms with van der Waals surface area (Å²) >= 11 is 3.31. The van der Waals surface area contributed by atoms with Gasteiger partial charge in [-0.15, -0.1) is 0 Å². The predicted molar refractivity (Wildman–Crippen MR) is 75.1 cm³/mol. The highest BCUT2D eigenvalue weighted by atomic mass is 79.9. The Kier molecular flexibility index (Phi) is 5.54. The Bertz CT molecular complexity index is 468. The Morgan fingerprint density at radius 3 is 2.58 bits per heavy atom. The van der Waals surface area contributed by atoms with E-state index in [9.17, 15) is 9.59 Å². The average molecular weight is 329 g/mol. The van der Waals surface area contributed by atoms with Crippen LogP contribution in [0.2, 0.25) is 0 Å². The minimum absolute atomic E-state index is 0.164. The lowest BCUT2D eigenvalue weighted by Gasteiger charge is -2.20. The summed E-state index contributed by atoms with van der Waals surface area (Å²) in [6.45, 7) is 4.87. The summed E-state index contributed by atoms with van der Waals surface area (Å²) in [5.74, 6) is -0.272. The van der Waals surface area contributed by atoms with Crippen LogP contribution in [0.25, 0.3) is 0 Å². The smallest absolute Gasteiger partial charge is 0.319 e. The number of hydrogen-bond donors (Lipinski definition) is 0. The summed E-state index contributed by atoms with van der Waals surface area (Å²) < 4.78 is 11.1. The highest BCUT2D eigenvalue weighted by Crippen LogP contribution is 2.21. The molecule has 0 atom stereocenters. The molecule has 1 aromatic carbocycles. The van der Waals surface area contributed by atoms with E-state index in [1.165, 1.54) is 13.8 Å². The van der Waals surface area contributed by atoms with Gasteiger partial charge in [-0.05, 0) is 39.0 Å². The van der Waals surface area contributed by atoms with E-state index in [1.54, 1.807) is 25.1 Å². The predicted octanol–water partition coefficient (Wildman–Crippen LogP) is 2.99. The number of carbonyl (C=O) groups is 2. The number of rotatable bonds is 6. The van der Waals surface area contributed by atoms with Crippen molar-refractivity contribution in [2.24, 2.45) is 5.41 Å². The van der Waals surface area contributed by atoms with E-state index < -0.39 is 11.4 Å². The molecule has 0 saturated carbocycles. The van der Waals surface area contributed by atoms with Crippen LogP contribution >= 0.6 is 15.9 Å². The molecule has 0 amide bonds. The monoisotopic (exact) mass is 328 g/mol. The van der Waals surface area contributed by atoms with Crippen LogP contribution in [-0.4, -0.2) is 25.0 Å². The summed E-state index contributed by atoms with van der Waals surface area (Å²) in [6.07, 6.45) is 0. The second-order valence-corrected chi connectivity index (χ2v) is 5.43. The second-order valence-electron chi connectivity index (χ2n) is 4.51. The molecule has 0 fully saturated rings. The third-order valence-electron chi connectivity index (χ3n) is 2.65. The van der Waals surface area contributed by atoms with Crippen molar-refractivity contribution in [3.05, 3.63) is 28.7 Å². The van der Waals surface area contributed by atoms with Gasteiger partial charge in [0.1, 0.15) is 17.8 Å². The van der Waals surface area contributed by atoms with Crippen LogP contribution in [0.1, 0.15) is 20.8 Å². The molecule has 104 valence electrons.